The van der Waals surface area contributed by atoms with Crippen LogP contribution >= 0.6 is 11.6 Å². The average Bonchev–Trinajstić information content (AvgIpc) is 2.80. The highest BCUT2D eigenvalue weighted by Crippen LogP contribution is 2.19. The van der Waals surface area contributed by atoms with Crippen LogP contribution in [0, 0.1) is 6.92 Å². The van der Waals surface area contributed by atoms with Gasteiger partial charge in [0.25, 0.3) is 0 Å². The number of nitrogens with zero attached hydrogens (tertiary/aromatic N) is 3. The lowest BCUT2D eigenvalue weighted by atomic mass is 10.1. The minimum absolute atomic E-state index is 0.119. The molecule has 22 heavy (non-hydrogen) atoms. The van der Waals surface area contributed by atoms with E-state index in [-0.39, 0.29) is 11.8 Å². The third-order valence-electron chi connectivity index (χ3n) is 3.61. The molecule has 1 atom stereocenters. The number of halogens is 1. The summed E-state index contributed by atoms with van der Waals surface area (Å²) in [7, 11) is -3.45. The van der Waals surface area contributed by atoms with Crippen molar-refractivity contribution in [3.63, 3.8) is 0 Å². The van der Waals surface area contributed by atoms with Crippen LogP contribution < -0.4 is 4.72 Å². The monoisotopic (exact) mass is 340 g/mol. The van der Waals surface area contributed by atoms with E-state index in [1.54, 1.807) is 28.9 Å². The molecule has 6 nitrogen and oxygen atoms in total. The molecule has 1 aliphatic heterocycles. The van der Waals surface area contributed by atoms with Crippen molar-refractivity contribution in [2.24, 2.45) is 0 Å². The standard InChI is InChI=1S/C14H17ClN4O2S/c1-10-16-14-7-6-12(8-19(14)17-10)18-22(20,21)9-11-4-2-3-5-13(11)15/h2-5,12,18H,6-9H2,1H3/t12-/m0/s1. The smallest absolute Gasteiger partial charge is 0.216 e. The van der Waals surface area contributed by atoms with E-state index in [1.807, 2.05) is 6.92 Å². The fourth-order valence-corrected chi connectivity index (χ4v) is 4.37. The molecule has 1 aromatic heterocycles. The molecule has 2 aromatic rings. The van der Waals surface area contributed by atoms with Crippen molar-refractivity contribution in [3.8, 4) is 0 Å². The molecule has 0 bridgehead atoms. The number of hydrogen-bond acceptors (Lipinski definition) is 4. The van der Waals surface area contributed by atoms with Gasteiger partial charge in [0.1, 0.15) is 11.6 Å². The van der Waals surface area contributed by atoms with Gasteiger partial charge in [-0.1, -0.05) is 29.8 Å². The number of fused-ring (bicyclic) bond motifs is 1. The number of aromatic nitrogens is 3. The Balaban J connectivity index is 1.69. The molecule has 1 aromatic carbocycles. The van der Waals surface area contributed by atoms with Crippen molar-refractivity contribution in [2.45, 2.75) is 38.1 Å². The molecular formula is C14H17ClN4O2S. The largest absolute Gasteiger partial charge is 0.248 e. The van der Waals surface area contributed by atoms with E-state index in [0.717, 1.165) is 24.5 Å². The molecule has 0 spiro atoms. The summed E-state index contributed by atoms with van der Waals surface area (Å²) >= 11 is 6.03. The minimum Gasteiger partial charge on any atom is -0.248 e. The molecule has 0 unspecified atom stereocenters. The van der Waals surface area contributed by atoms with Crippen LogP contribution in [-0.4, -0.2) is 29.2 Å². The summed E-state index contributed by atoms with van der Waals surface area (Å²) in [6, 6.07) is 6.81. The highest BCUT2D eigenvalue weighted by molar-refractivity contribution is 7.88. The third kappa shape index (κ3) is 3.48. The second-order valence-electron chi connectivity index (χ2n) is 5.46. The van der Waals surface area contributed by atoms with E-state index in [9.17, 15) is 8.42 Å². The average molecular weight is 341 g/mol. The van der Waals surface area contributed by atoms with Gasteiger partial charge >= 0.3 is 0 Å². The first-order valence-electron chi connectivity index (χ1n) is 7.07. The van der Waals surface area contributed by atoms with E-state index < -0.39 is 10.0 Å². The van der Waals surface area contributed by atoms with Gasteiger partial charge in [0.15, 0.2) is 0 Å². The summed E-state index contributed by atoms with van der Waals surface area (Å²) in [5, 5.41) is 4.74. The molecule has 0 aliphatic carbocycles. The molecule has 0 saturated carbocycles. The van der Waals surface area contributed by atoms with Crippen LogP contribution in [0.1, 0.15) is 23.6 Å². The lowest BCUT2D eigenvalue weighted by Gasteiger charge is -2.23. The van der Waals surface area contributed by atoms with Gasteiger partial charge in [-0.25, -0.2) is 22.8 Å². The van der Waals surface area contributed by atoms with E-state index in [1.165, 1.54) is 0 Å². The summed E-state index contributed by atoms with van der Waals surface area (Å²) in [5.41, 5.74) is 0.602. The Bertz CT molecular complexity index is 788. The topological polar surface area (TPSA) is 76.9 Å². The minimum atomic E-state index is -3.45. The summed E-state index contributed by atoms with van der Waals surface area (Å²) < 4.78 is 29.2. The van der Waals surface area contributed by atoms with E-state index in [0.29, 0.717) is 17.1 Å². The first-order chi connectivity index (χ1) is 10.4. The molecule has 8 heteroatoms. The van der Waals surface area contributed by atoms with Gasteiger partial charge in [0.05, 0.1) is 12.3 Å². The van der Waals surface area contributed by atoms with Gasteiger partial charge in [-0.3, -0.25) is 0 Å². The van der Waals surface area contributed by atoms with Crippen molar-refractivity contribution in [2.75, 3.05) is 0 Å². The predicted octanol–water partition coefficient (Wildman–Crippen LogP) is 1.67. The number of aryl methyl sites for hydroxylation is 2. The summed E-state index contributed by atoms with van der Waals surface area (Å²) in [5.74, 6) is 1.51. The maximum Gasteiger partial charge on any atom is 0.216 e. The van der Waals surface area contributed by atoms with Gasteiger partial charge in [0, 0.05) is 17.5 Å². The summed E-state index contributed by atoms with van der Waals surface area (Å²) in [6.07, 6.45) is 1.44. The van der Waals surface area contributed by atoms with E-state index in [4.69, 9.17) is 11.6 Å². The van der Waals surface area contributed by atoms with Crippen LogP contribution in [0.5, 0.6) is 0 Å². The predicted molar refractivity (Wildman–Crippen MR) is 84.1 cm³/mol. The Labute approximate surface area is 134 Å². The quantitative estimate of drug-likeness (QED) is 0.918. The van der Waals surface area contributed by atoms with Crippen molar-refractivity contribution in [3.05, 3.63) is 46.5 Å². The zero-order chi connectivity index (χ0) is 15.7. The Kier molecular flexibility index (Phi) is 4.20. The van der Waals surface area contributed by atoms with E-state index >= 15 is 0 Å². The molecule has 3 rings (SSSR count). The van der Waals surface area contributed by atoms with Gasteiger partial charge in [0.2, 0.25) is 10.0 Å². The van der Waals surface area contributed by atoms with Crippen LogP contribution in [0.15, 0.2) is 24.3 Å². The molecular weight excluding hydrogens is 324 g/mol. The van der Waals surface area contributed by atoms with Crippen LogP contribution in [-0.2, 0) is 28.7 Å². The maximum atomic E-state index is 12.3. The lowest BCUT2D eigenvalue weighted by Crippen LogP contribution is -2.41. The van der Waals surface area contributed by atoms with Crippen LogP contribution in [0.2, 0.25) is 5.02 Å². The Morgan fingerprint density at radius 1 is 1.41 bits per heavy atom. The highest BCUT2D eigenvalue weighted by atomic mass is 35.5. The molecule has 0 saturated heterocycles. The molecule has 0 amide bonds. The second kappa shape index (κ2) is 5.98. The van der Waals surface area contributed by atoms with Gasteiger partial charge in [-0.15, -0.1) is 0 Å². The molecule has 118 valence electrons. The van der Waals surface area contributed by atoms with Crippen molar-refractivity contribution in [1.29, 1.82) is 0 Å². The van der Waals surface area contributed by atoms with Gasteiger partial charge < -0.3 is 0 Å². The number of nitrogens with one attached hydrogen (secondary N) is 1. The van der Waals surface area contributed by atoms with Crippen LogP contribution in [0.3, 0.4) is 0 Å². The fraction of sp³-hybridized carbons (Fsp3) is 0.429. The van der Waals surface area contributed by atoms with E-state index in [2.05, 4.69) is 14.8 Å². The normalized spacial score (nSPS) is 18.2. The molecule has 1 aliphatic rings. The number of rotatable bonds is 4. The summed E-state index contributed by atoms with van der Waals surface area (Å²) in [6.45, 7) is 2.35. The Morgan fingerprint density at radius 3 is 2.95 bits per heavy atom. The van der Waals surface area contributed by atoms with Crippen LogP contribution in [0.25, 0.3) is 0 Å². The van der Waals surface area contributed by atoms with Gasteiger partial charge in [-0.2, -0.15) is 5.10 Å². The molecule has 2 heterocycles. The number of sulfonamides is 1. The van der Waals surface area contributed by atoms with Gasteiger partial charge in [-0.05, 0) is 25.0 Å². The van der Waals surface area contributed by atoms with Crippen molar-refractivity contribution >= 4 is 21.6 Å². The Morgan fingerprint density at radius 2 is 2.18 bits per heavy atom. The first kappa shape index (κ1) is 15.5. The first-order valence-corrected chi connectivity index (χ1v) is 9.10. The molecule has 0 fully saturated rings. The zero-order valence-corrected chi connectivity index (χ0v) is 13.7. The third-order valence-corrected chi connectivity index (χ3v) is 5.37. The second-order valence-corrected chi connectivity index (χ2v) is 7.62. The highest BCUT2D eigenvalue weighted by Gasteiger charge is 2.25. The van der Waals surface area contributed by atoms with Crippen molar-refractivity contribution < 1.29 is 8.42 Å². The lowest BCUT2D eigenvalue weighted by molar-refractivity contribution is 0.394. The molecule has 1 N–H and O–H groups in total. The zero-order valence-electron chi connectivity index (χ0n) is 12.2. The maximum absolute atomic E-state index is 12.3. The molecule has 0 radical (unpaired) electrons. The number of hydrogen-bond donors (Lipinski definition) is 1. The Hall–Kier alpha value is -1.44. The van der Waals surface area contributed by atoms with Crippen LogP contribution in [0.4, 0.5) is 0 Å². The summed E-state index contributed by atoms with van der Waals surface area (Å²) in [4.78, 5) is 4.32. The SMILES string of the molecule is Cc1nc2n(n1)C[C@@H](NS(=O)(=O)Cc1ccccc1Cl)CC2. The van der Waals surface area contributed by atoms with Crippen molar-refractivity contribution in [1.82, 2.24) is 19.5 Å². The fourth-order valence-electron chi connectivity index (χ4n) is 2.65. The number of benzene rings is 1.